The van der Waals surface area contributed by atoms with E-state index in [9.17, 15) is 8.78 Å². The lowest BCUT2D eigenvalue weighted by Gasteiger charge is -2.18. The van der Waals surface area contributed by atoms with Crippen molar-refractivity contribution in [3.8, 4) is 0 Å². The fraction of sp³-hybridized carbons (Fsp3) is 0.364. The van der Waals surface area contributed by atoms with Crippen molar-refractivity contribution in [3.63, 3.8) is 0 Å². The first-order chi connectivity index (χ1) is 7.18. The molecule has 0 unspecified atom stereocenters. The normalized spacial score (nSPS) is 15.7. The highest BCUT2D eigenvalue weighted by Gasteiger charge is 2.17. The topological polar surface area (TPSA) is 27.1 Å². The molecule has 1 heterocycles. The number of hydrogen-bond donors (Lipinski definition) is 1. The highest BCUT2D eigenvalue weighted by Crippen LogP contribution is 2.14. The molecule has 1 aliphatic rings. The van der Waals surface area contributed by atoms with E-state index in [1.807, 2.05) is 4.90 Å². The Morgan fingerprint density at radius 2 is 1.80 bits per heavy atom. The molecule has 80 valence electrons. The van der Waals surface area contributed by atoms with Crippen molar-refractivity contribution in [2.45, 2.75) is 12.8 Å². The first-order valence-corrected chi connectivity index (χ1v) is 4.97. The van der Waals surface area contributed by atoms with Crippen LogP contribution in [-0.4, -0.2) is 23.8 Å². The van der Waals surface area contributed by atoms with Gasteiger partial charge in [-0.15, -0.1) is 0 Å². The predicted molar refractivity (Wildman–Crippen MR) is 54.0 cm³/mol. The van der Waals surface area contributed by atoms with Crippen LogP contribution >= 0.6 is 0 Å². The fourth-order valence-electron chi connectivity index (χ4n) is 1.77. The van der Waals surface area contributed by atoms with E-state index in [-0.39, 0.29) is 5.84 Å². The predicted octanol–water partition coefficient (Wildman–Crippen LogP) is 2.39. The highest BCUT2D eigenvalue weighted by molar-refractivity contribution is 5.96. The Labute approximate surface area is 87.0 Å². The van der Waals surface area contributed by atoms with Crippen LogP contribution in [0.4, 0.5) is 8.78 Å². The van der Waals surface area contributed by atoms with Crippen LogP contribution in [0.2, 0.25) is 0 Å². The summed E-state index contributed by atoms with van der Waals surface area (Å²) in [7, 11) is 0. The van der Waals surface area contributed by atoms with E-state index in [2.05, 4.69) is 0 Å². The second-order valence-corrected chi connectivity index (χ2v) is 3.67. The number of halogens is 2. The molecule has 0 saturated carbocycles. The summed E-state index contributed by atoms with van der Waals surface area (Å²) >= 11 is 0. The molecule has 1 aliphatic heterocycles. The number of hydrogen-bond acceptors (Lipinski definition) is 1. The van der Waals surface area contributed by atoms with Crippen molar-refractivity contribution in [1.82, 2.24) is 4.90 Å². The van der Waals surface area contributed by atoms with E-state index in [1.54, 1.807) is 0 Å². The summed E-state index contributed by atoms with van der Waals surface area (Å²) in [6.45, 7) is 1.66. The summed E-state index contributed by atoms with van der Waals surface area (Å²) in [5, 5.41) is 7.83. The van der Waals surface area contributed by atoms with E-state index >= 15 is 0 Å². The van der Waals surface area contributed by atoms with Crippen molar-refractivity contribution >= 4 is 5.84 Å². The van der Waals surface area contributed by atoms with Gasteiger partial charge in [0.1, 0.15) is 5.84 Å². The van der Waals surface area contributed by atoms with Gasteiger partial charge < -0.3 is 4.90 Å². The Morgan fingerprint density at radius 3 is 2.40 bits per heavy atom. The first-order valence-electron chi connectivity index (χ1n) is 4.97. The van der Waals surface area contributed by atoms with Crippen LogP contribution < -0.4 is 0 Å². The Hall–Kier alpha value is -1.45. The largest absolute Gasteiger partial charge is 0.357 e. The Balaban J connectivity index is 2.21. The van der Waals surface area contributed by atoms with E-state index in [4.69, 9.17) is 5.41 Å². The van der Waals surface area contributed by atoms with Gasteiger partial charge in [0.05, 0.1) is 0 Å². The summed E-state index contributed by atoms with van der Waals surface area (Å²) < 4.78 is 25.6. The number of nitrogens with zero attached hydrogens (tertiary/aromatic N) is 1. The molecule has 0 amide bonds. The van der Waals surface area contributed by atoms with Crippen LogP contribution in [0.5, 0.6) is 0 Å². The Bertz CT molecular complexity index is 384. The van der Waals surface area contributed by atoms with Gasteiger partial charge in [-0.05, 0) is 31.0 Å². The van der Waals surface area contributed by atoms with Gasteiger partial charge in [0.25, 0.3) is 0 Å². The molecule has 1 aromatic carbocycles. The zero-order chi connectivity index (χ0) is 10.8. The molecule has 0 spiro atoms. The molecule has 1 aromatic rings. The maximum atomic E-state index is 12.9. The summed E-state index contributed by atoms with van der Waals surface area (Å²) in [6, 6.07) is 3.59. The first kappa shape index (κ1) is 10.1. The second-order valence-electron chi connectivity index (χ2n) is 3.67. The maximum Gasteiger partial charge on any atom is 0.159 e. The van der Waals surface area contributed by atoms with E-state index < -0.39 is 11.6 Å². The van der Waals surface area contributed by atoms with Crippen molar-refractivity contribution in [2.24, 2.45) is 0 Å². The van der Waals surface area contributed by atoms with Gasteiger partial charge in [0, 0.05) is 18.7 Å². The molecule has 0 aromatic heterocycles. The summed E-state index contributed by atoms with van der Waals surface area (Å²) in [5.41, 5.74) is 0.441. The van der Waals surface area contributed by atoms with Gasteiger partial charge in [-0.25, -0.2) is 8.78 Å². The quantitative estimate of drug-likeness (QED) is 0.559. The Morgan fingerprint density at radius 1 is 1.13 bits per heavy atom. The standard InChI is InChI=1S/C11H12F2N2/c12-9-4-3-8(7-10(9)13)11(14)15-5-1-2-6-15/h3-4,7,14H,1-2,5-6H2. The van der Waals surface area contributed by atoms with Crippen molar-refractivity contribution in [2.75, 3.05) is 13.1 Å². The molecule has 1 fully saturated rings. The fourth-order valence-corrected chi connectivity index (χ4v) is 1.77. The van der Waals surface area contributed by atoms with E-state index in [0.29, 0.717) is 5.56 Å². The number of nitrogens with one attached hydrogen (secondary N) is 1. The molecule has 0 aliphatic carbocycles. The minimum atomic E-state index is -0.892. The molecule has 15 heavy (non-hydrogen) atoms. The molecular formula is C11H12F2N2. The maximum absolute atomic E-state index is 12.9. The van der Waals surface area contributed by atoms with Gasteiger partial charge in [0.15, 0.2) is 11.6 Å². The lowest BCUT2D eigenvalue weighted by atomic mass is 10.2. The number of amidine groups is 1. The van der Waals surface area contributed by atoms with E-state index in [1.165, 1.54) is 6.07 Å². The van der Waals surface area contributed by atoms with Crippen molar-refractivity contribution in [3.05, 3.63) is 35.4 Å². The number of rotatable bonds is 1. The van der Waals surface area contributed by atoms with Crippen molar-refractivity contribution in [1.29, 1.82) is 5.41 Å². The lowest BCUT2D eigenvalue weighted by Crippen LogP contribution is -2.27. The molecule has 4 heteroatoms. The van der Waals surface area contributed by atoms with Gasteiger partial charge in [-0.1, -0.05) is 0 Å². The van der Waals surface area contributed by atoms with Crippen LogP contribution in [0.25, 0.3) is 0 Å². The van der Waals surface area contributed by atoms with Crippen LogP contribution in [0.3, 0.4) is 0 Å². The molecule has 0 atom stereocenters. The molecule has 2 rings (SSSR count). The zero-order valence-electron chi connectivity index (χ0n) is 8.26. The number of likely N-dealkylation sites (tertiary alicyclic amines) is 1. The third-order valence-electron chi connectivity index (χ3n) is 2.62. The molecular weight excluding hydrogens is 198 g/mol. The van der Waals surface area contributed by atoms with Crippen LogP contribution in [0.1, 0.15) is 18.4 Å². The third kappa shape index (κ3) is 1.98. The lowest BCUT2D eigenvalue weighted by molar-refractivity contribution is 0.503. The highest BCUT2D eigenvalue weighted by atomic mass is 19.2. The molecule has 2 nitrogen and oxygen atoms in total. The SMILES string of the molecule is N=C(c1ccc(F)c(F)c1)N1CCCC1. The van der Waals surface area contributed by atoms with Gasteiger partial charge in [-0.2, -0.15) is 0 Å². The van der Waals surface area contributed by atoms with Crippen LogP contribution in [-0.2, 0) is 0 Å². The minimum Gasteiger partial charge on any atom is -0.357 e. The summed E-state index contributed by atoms with van der Waals surface area (Å²) in [5.74, 6) is -1.48. The zero-order valence-corrected chi connectivity index (χ0v) is 8.26. The van der Waals surface area contributed by atoms with Gasteiger partial charge in [0.2, 0.25) is 0 Å². The average Bonchev–Trinajstić information content (AvgIpc) is 2.74. The third-order valence-corrected chi connectivity index (χ3v) is 2.62. The molecule has 0 radical (unpaired) electrons. The van der Waals surface area contributed by atoms with Gasteiger partial charge in [-0.3, -0.25) is 5.41 Å². The smallest absolute Gasteiger partial charge is 0.159 e. The van der Waals surface area contributed by atoms with Crippen molar-refractivity contribution < 1.29 is 8.78 Å². The second kappa shape index (κ2) is 3.96. The molecule has 1 saturated heterocycles. The monoisotopic (exact) mass is 210 g/mol. The van der Waals surface area contributed by atoms with Crippen LogP contribution in [0.15, 0.2) is 18.2 Å². The summed E-state index contributed by atoms with van der Waals surface area (Å²) in [6.07, 6.45) is 2.12. The number of benzene rings is 1. The molecule has 1 N–H and O–H groups in total. The van der Waals surface area contributed by atoms with Crippen LogP contribution in [0, 0.1) is 17.0 Å². The summed E-state index contributed by atoms with van der Waals surface area (Å²) in [4.78, 5) is 1.88. The van der Waals surface area contributed by atoms with Gasteiger partial charge >= 0.3 is 0 Å². The minimum absolute atomic E-state index is 0.284. The average molecular weight is 210 g/mol. The Kier molecular flexibility index (Phi) is 2.66. The van der Waals surface area contributed by atoms with E-state index in [0.717, 1.165) is 38.1 Å². The molecule has 0 bridgehead atoms.